The fourth-order valence-corrected chi connectivity index (χ4v) is 2.71. The van der Waals surface area contributed by atoms with Gasteiger partial charge in [0.2, 0.25) is 5.95 Å². The molecule has 0 aliphatic carbocycles. The zero-order chi connectivity index (χ0) is 10.1. The molecule has 2 aromatic rings. The van der Waals surface area contributed by atoms with E-state index in [1.165, 1.54) is 10.4 Å². The molecule has 1 aliphatic rings. The number of thiophene rings is 1. The molecule has 1 aliphatic heterocycles. The van der Waals surface area contributed by atoms with Crippen LogP contribution in [0.1, 0.15) is 10.4 Å². The first-order valence-electron chi connectivity index (χ1n) is 4.86. The summed E-state index contributed by atoms with van der Waals surface area (Å²) >= 11 is 1.84. The maximum Gasteiger partial charge on any atom is 0.228 e. The second-order valence-corrected chi connectivity index (χ2v) is 4.48. The Kier molecular flexibility index (Phi) is 2.10. The summed E-state index contributed by atoms with van der Waals surface area (Å²) in [4.78, 5) is 15.9. The molecule has 4 nitrogen and oxygen atoms in total. The standard InChI is InChI=1S/C10H10N4S/c1-3-14(10-12-6-11-7-13-10)5-8-2-4-15-9(1)8/h2,4,6-7H,1,3,5H2. The van der Waals surface area contributed by atoms with Crippen LogP contribution >= 0.6 is 11.3 Å². The van der Waals surface area contributed by atoms with Gasteiger partial charge in [-0.2, -0.15) is 0 Å². The Hall–Kier alpha value is -1.49. The van der Waals surface area contributed by atoms with Gasteiger partial charge in [-0.25, -0.2) is 15.0 Å². The number of nitrogens with zero attached hydrogens (tertiary/aromatic N) is 4. The van der Waals surface area contributed by atoms with Gasteiger partial charge in [0.15, 0.2) is 0 Å². The van der Waals surface area contributed by atoms with Gasteiger partial charge in [0.05, 0.1) is 0 Å². The molecule has 0 radical (unpaired) electrons. The Labute approximate surface area is 91.6 Å². The third kappa shape index (κ3) is 1.59. The summed E-state index contributed by atoms with van der Waals surface area (Å²) in [6.07, 6.45) is 4.19. The highest BCUT2D eigenvalue weighted by Crippen LogP contribution is 2.25. The van der Waals surface area contributed by atoms with Gasteiger partial charge in [0.1, 0.15) is 12.7 Å². The van der Waals surface area contributed by atoms with Crippen molar-refractivity contribution in [3.05, 3.63) is 34.5 Å². The molecule has 0 saturated heterocycles. The molecule has 0 unspecified atom stereocenters. The number of rotatable bonds is 1. The number of aromatic nitrogens is 3. The van der Waals surface area contributed by atoms with Gasteiger partial charge in [0.25, 0.3) is 0 Å². The Bertz CT molecular complexity index is 453. The average molecular weight is 218 g/mol. The summed E-state index contributed by atoms with van der Waals surface area (Å²) in [7, 11) is 0. The summed E-state index contributed by atoms with van der Waals surface area (Å²) in [6.45, 7) is 1.92. The van der Waals surface area contributed by atoms with Gasteiger partial charge in [-0.1, -0.05) is 0 Å². The van der Waals surface area contributed by atoms with Crippen molar-refractivity contribution in [2.24, 2.45) is 0 Å². The zero-order valence-electron chi connectivity index (χ0n) is 8.13. The van der Waals surface area contributed by atoms with Gasteiger partial charge in [-0.3, -0.25) is 0 Å². The van der Waals surface area contributed by atoms with Crippen molar-refractivity contribution in [2.45, 2.75) is 13.0 Å². The minimum absolute atomic E-state index is 0.779. The van der Waals surface area contributed by atoms with E-state index >= 15 is 0 Å². The molecular weight excluding hydrogens is 208 g/mol. The van der Waals surface area contributed by atoms with Gasteiger partial charge < -0.3 is 4.90 Å². The number of fused-ring (bicyclic) bond motifs is 1. The van der Waals surface area contributed by atoms with Gasteiger partial charge in [0, 0.05) is 18.0 Å². The first kappa shape index (κ1) is 8.79. The molecule has 0 N–H and O–H groups in total. The van der Waals surface area contributed by atoms with Gasteiger partial charge in [-0.05, 0) is 23.4 Å². The van der Waals surface area contributed by atoms with Crippen LogP contribution in [0.3, 0.4) is 0 Å². The summed E-state index contributed by atoms with van der Waals surface area (Å²) < 4.78 is 0. The van der Waals surface area contributed by atoms with Crippen LogP contribution in [0.25, 0.3) is 0 Å². The van der Waals surface area contributed by atoms with Crippen LogP contribution in [0.4, 0.5) is 5.95 Å². The topological polar surface area (TPSA) is 41.9 Å². The van der Waals surface area contributed by atoms with E-state index < -0.39 is 0 Å². The third-order valence-electron chi connectivity index (χ3n) is 2.57. The van der Waals surface area contributed by atoms with Crippen LogP contribution in [-0.4, -0.2) is 21.5 Å². The SMILES string of the molecule is c1ncnc(N2CCc3sccc3C2)n1. The van der Waals surface area contributed by atoms with Crippen LogP contribution < -0.4 is 4.90 Å². The quantitative estimate of drug-likeness (QED) is 0.727. The minimum atomic E-state index is 0.779. The monoisotopic (exact) mass is 218 g/mol. The summed E-state index contributed by atoms with van der Waals surface area (Å²) in [5, 5.41) is 2.15. The average Bonchev–Trinajstić information content (AvgIpc) is 2.77. The van der Waals surface area contributed by atoms with Crippen molar-refractivity contribution in [1.82, 2.24) is 15.0 Å². The zero-order valence-corrected chi connectivity index (χ0v) is 8.94. The summed E-state index contributed by atoms with van der Waals surface area (Å²) in [6, 6.07) is 2.19. The van der Waals surface area contributed by atoms with Crippen molar-refractivity contribution in [1.29, 1.82) is 0 Å². The highest BCUT2D eigenvalue weighted by atomic mass is 32.1. The molecule has 5 heteroatoms. The largest absolute Gasteiger partial charge is 0.336 e. The molecular formula is C10H10N4S. The van der Waals surface area contributed by atoms with Crippen molar-refractivity contribution in [2.75, 3.05) is 11.4 Å². The molecule has 2 aromatic heterocycles. The van der Waals surface area contributed by atoms with Crippen LogP contribution in [0.15, 0.2) is 24.1 Å². The molecule has 0 fully saturated rings. The van der Waals surface area contributed by atoms with Gasteiger partial charge >= 0.3 is 0 Å². The first-order valence-corrected chi connectivity index (χ1v) is 5.73. The molecule has 3 heterocycles. The Morgan fingerprint density at radius 1 is 1.27 bits per heavy atom. The lowest BCUT2D eigenvalue weighted by Crippen LogP contribution is -2.30. The second kappa shape index (κ2) is 3.58. The Morgan fingerprint density at radius 3 is 3.00 bits per heavy atom. The fourth-order valence-electron chi connectivity index (χ4n) is 1.82. The third-order valence-corrected chi connectivity index (χ3v) is 3.59. The maximum absolute atomic E-state index is 4.17. The molecule has 0 saturated carbocycles. The Balaban J connectivity index is 1.88. The van der Waals surface area contributed by atoms with E-state index in [4.69, 9.17) is 0 Å². The molecule has 0 spiro atoms. The predicted octanol–water partition coefficient (Wildman–Crippen LogP) is 1.50. The van der Waals surface area contributed by atoms with E-state index in [0.29, 0.717) is 0 Å². The number of hydrogen-bond acceptors (Lipinski definition) is 5. The highest BCUT2D eigenvalue weighted by molar-refractivity contribution is 7.10. The lowest BCUT2D eigenvalue weighted by atomic mass is 10.1. The predicted molar refractivity (Wildman–Crippen MR) is 58.9 cm³/mol. The minimum Gasteiger partial charge on any atom is -0.336 e. The van der Waals surface area contributed by atoms with Crippen LogP contribution in [0, 0.1) is 0 Å². The van der Waals surface area contributed by atoms with Crippen molar-refractivity contribution >= 4 is 17.3 Å². The van der Waals surface area contributed by atoms with E-state index in [-0.39, 0.29) is 0 Å². The van der Waals surface area contributed by atoms with E-state index in [1.54, 1.807) is 12.7 Å². The van der Waals surface area contributed by atoms with Crippen molar-refractivity contribution in [3.8, 4) is 0 Å². The van der Waals surface area contributed by atoms with Crippen LogP contribution in [0.5, 0.6) is 0 Å². The first-order chi connectivity index (χ1) is 7.43. The van der Waals surface area contributed by atoms with E-state index in [0.717, 1.165) is 25.5 Å². The number of hydrogen-bond donors (Lipinski definition) is 0. The molecule has 0 atom stereocenters. The molecule has 15 heavy (non-hydrogen) atoms. The van der Waals surface area contributed by atoms with E-state index in [1.807, 2.05) is 11.3 Å². The lowest BCUT2D eigenvalue weighted by molar-refractivity contribution is 0.713. The van der Waals surface area contributed by atoms with Crippen LogP contribution in [-0.2, 0) is 13.0 Å². The van der Waals surface area contributed by atoms with Crippen molar-refractivity contribution in [3.63, 3.8) is 0 Å². The summed E-state index contributed by atoms with van der Waals surface area (Å²) in [5.41, 5.74) is 1.41. The van der Waals surface area contributed by atoms with Crippen molar-refractivity contribution < 1.29 is 0 Å². The van der Waals surface area contributed by atoms with E-state index in [2.05, 4.69) is 31.3 Å². The normalized spacial score (nSPS) is 15.1. The molecule has 0 amide bonds. The van der Waals surface area contributed by atoms with Crippen LogP contribution in [0.2, 0.25) is 0 Å². The van der Waals surface area contributed by atoms with E-state index in [9.17, 15) is 0 Å². The maximum atomic E-state index is 4.17. The molecule has 0 aromatic carbocycles. The number of anilines is 1. The summed E-state index contributed by atoms with van der Waals surface area (Å²) in [5.74, 6) is 0.779. The highest BCUT2D eigenvalue weighted by Gasteiger charge is 2.18. The second-order valence-electron chi connectivity index (χ2n) is 3.48. The molecule has 3 rings (SSSR count). The smallest absolute Gasteiger partial charge is 0.228 e. The molecule has 76 valence electrons. The molecule has 0 bridgehead atoms. The fraction of sp³-hybridized carbons (Fsp3) is 0.300. The van der Waals surface area contributed by atoms with Gasteiger partial charge in [-0.15, -0.1) is 11.3 Å². The Morgan fingerprint density at radius 2 is 2.13 bits per heavy atom. The lowest BCUT2D eigenvalue weighted by Gasteiger charge is -2.26.